The molecular formula is C11H11ClN2OS2. The van der Waals surface area contributed by atoms with Crippen molar-refractivity contribution in [2.45, 2.75) is 11.3 Å². The molecule has 0 bridgehead atoms. The second kappa shape index (κ2) is 6.23. The number of nitrogens with zero attached hydrogens (tertiary/aromatic N) is 2. The van der Waals surface area contributed by atoms with Gasteiger partial charge in [0.15, 0.2) is 4.34 Å². The summed E-state index contributed by atoms with van der Waals surface area (Å²) in [5, 5.41) is 9.66. The van der Waals surface area contributed by atoms with Crippen molar-refractivity contribution in [1.82, 2.24) is 10.2 Å². The van der Waals surface area contributed by atoms with Crippen LogP contribution in [0.1, 0.15) is 5.01 Å². The Morgan fingerprint density at radius 3 is 3.00 bits per heavy atom. The molecule has 2 aromatic rings. The number of halogens is 1. The van der Waals surface area contributed by atoms with Crippen LogP contribution in [0.15, 0.2) is 28.6 Å². The molecule has 0 spiro atoms. The molecule has 0 aliphatic heterocycles. The van der Waals surface area contributed by atoms with Crippen LogP contribution in [0.3, 0.4) is 0 Å². The molecule has 0 amide bonds. The van der Waals surface area contributed by atoms with Gasteiger partial charge < -0.3 is 4.74 Å². The lowest BCUT2D eigenvalue weighted by molar-refractivity contribution is 0.344. The van der Waals surface area contributed by atoms with Gasteiger partial charge in [0.25, 0.3) is 0 Å². The maximum Gasteiger partial charge on any atom is 0.174 e. The number of aryl methyl sites for hydroxylation is 1. The predicted octanol–water partition coefficient (Wildman–Crippen LogP) is 3.67. The number of thioether (sulfide) groups is 1. The second-order valence-corrected chi connectivity index (χ2v) is 6.20. The summed E-state index contributed by atoms with van der Waals surface area (Å²) in [6, 6.07) is 7.40. The Bertz CT molecular complexity index is 490. The van der Waals surface area contributed by atoms with Crippen molar-refractivity contribution >= 4 is 34.7 Å². The van der Waals surface area contributed by atoms with Gasteiger partial charge in [-0.2, -0.15) is 0 Å². The van der Waals surface area contributed by atoms with Gasteiger partial charge in [0, 0.05) is 10.8 Å². The van der Waals surface area contributed by atoms with Gasteiger partial charge in [0.2, 0.25) is 0 Å². The summed E-state index contributed by atoms with van der Waals surface area (Å²) in [4.78, 5) is 0. The van der Waals surface area contributed by atoms with E-state index in [1.54, 1.807) is 29.2 Å². The highest BCUT2D eigenvalue weighted by molar-refractivity contribution is 8.01. The number of rotatable bonds is 5. The summed E-state index contributed by atoms with van der Waals surface area (Å²) in [6.07, 6.45) is 0. The van der Waals surface area contributed by atoms with Gasteiger partial charge in [-0.3, -0.25) is 0 Å². The van der Waals surface area contributed by atoms with E-state index in [0.717, 1.165) is 20.8 Å². The van der Waals surface area contributed by atoms with Gasteiger partial charge in [-0.05, 0) is 25.1 Å². The number of hydrogen-bond donors (Lipinski definition) is 0. The first-order chi connectivity index (χ1) is 8.24. The molecule has 0 aliphatic carbocycles. The van der Waals surface area contributed by atoms with Gasteiger partial charge in [-0.15, -0.1) is 10.2 Å². The molecule has 1 aromatic carbocycles. The van der Waals surface area contributed by atoms with Crippen LogP contribution in [0.25, 0.3) is 0 Å². The van der Waals surface area contributed by atoms with E-state index in [0.29, 0.717) is 11.6 Å². The minimum absolute atomic E-state index is 0.629. The molecule has 90 valence electrons. The Balaban J connectivity index is 1.73. The van der Waals surface area contributed by atoms with Gasteiger partial charge >= 0.3 is 0 Å². The zero-order valence-electron chi connectivity index (χ0n) is 9.22. The summed E-state index contributed by atoms with van der Waals surface area (Å²) in [7, 11) is 0. The van der Waals surface area contributed by atoms with Crippen LogP contribution in [-0.4, -0.2) is 22.6 Å². The Labute approximate surface area is 113 Å². The highest BCUT2D eigenvalue weighted by Gasteiger charge is 2.01. The first kappa shape index (κ1) is 12.7. The largest absolute Gasteiger partial charge is 0.493 e. The standard InChI is InChI=1S/C11H11ClN2OS2/c1-8-13-14-11(17-8)16-6-5-15-10-4-2-3-9(12)7-10/h2-4,7H,5-6H2,1H3. The molecule has 1 heterocycles. The molecule has 0 atom stereocenters. The Kier molecular flexibility index (Phi) is 4.65. The predicted molar refractivity (Wildman–Crippen MR) is 72.3 cm³/mol. The molecule has 0 unspecified atom stereocenters. The maximum atomic E-state index is 5.85. The first-order valence-electron chi connectivity index (χ1n) is 5.05. The minimum atomic E-state index is 0.629. The lowest BCUT2D eigenvalue weighted by Crippen LogP contribution is -1.99. The quantitative estimate of drug-likeness (QED) is 0.620. The van der Waals surface area contributed by atoms with Crippen LogP contribution in [0.5, 0.6) is 5.75 Å². The molecule has 2 rings (SSSR count). The Morgan fingerprint density at radius 1 is 1.41 bits per heavy atom. The zero-order chi connectivity index (χ0) is 12.1. The number of benzene rings is 1. The van der Waals surface area contributed by atoms with Crippen molar-refractivity contribution in [2.24, 2.45) is 0 Å². The summed E-state index contributed by atoms with van der Waals surface area (Å²) in [6.45, 7) is 2.58. The fraction of sp³-hybridized carbons (Fsp3) is 0.273. The third kappa shape index (κ3) is 4.18. The third-order valence-corrected chi connectivity index (χ3v) is 4.05. The van der Waals surface area contributed by atoms with Gasteiger partial charge in [-0.1, -0.05) is 40.8 Å². The van der Waals surface area contributed by atoms with Crippen molar-refractivity contribution in [1.29, 1.82) is 0 Å². The van der Waals surface area contributed by atoms with E-state index < -0.39 is 0 Å². The first-order valence-corrected chi connectivity index (χ1v) is 7.23. The van der Waals surface area contributed by atoms with Crippen LogP contribution in [0.2, 0.25) is 5.02 Å². The van der Waals surface area contributed by atoms with Gasteiger partial charge in [-0.25, -0.2) is 0 Å². The van der Waals surface area contributed by atoms with E-state index in [2.05, 4.69) is 10.2 Å². The number of aromatic nitrogens is 2. The van der Waals surface area contributed by atoms with Crippen LogP contribution in [-0.2, 0) is 0 Å². The van der Waals surface area contributed by atoms with Gasteiger partial charge in [0.1, 0.15) is 10.8 Å². The molecule has 0 radical (unpaired) electrons. The normalized spacial score (nSPS) is 10.5. The SMILES string of the molecule is Cc1nnc(SCCOc2cccc(Cl)c2)s1. The molecular weight excluding hydrogens is 276 g/mol. The molecule has 0 aliphatic rings. The molecule has 3 nitrogen and oxygen atoms in total. The second-order valence-electron chi connectivity index (χ2n) is 3.24. The monoisotopic (exact) mass is 286 g/mol. The van der Waals surface area contributed by atoms with Crippen molar-refractivity contribution in [2.75, 3.05) is 12.4 Å². The zero-order valence-corrected chi connectivity index (χ0v) is 11.6. The molecule has 0 fully saturated rings. The summed E-state index contributed by atoms with van der Waals surface area (Å²) in [5.41, 5.74) is 0. The highest BCUT2D eigenvalue weighted by Crippen LogP contribution is 2.22. The summed E-state index contributed by atoms with van der Waals surface area (Å²) in [5.74, 6) is 1.65. The van der Waals surface area contributed by atoms with E-state index in [-0.39, 0.29) is 0 Å². The molecule has 1 aromatic heterocycles. The fourth-order valence-corrected chi connectivity index (χ4v) is 3.07. The van der Waals surface area contributed by atoms with Crippen molar-refractivity contribution in [3.05, 3.63) is 34.3 Å². The highest BCUT2D eigenvalue weighted by atomic mass is 35.5. The van der Waals surface area contributed by atoms with E-state index in [9.17, 15) is 0 Å². The van der Waals surface area contributed by atoms with Crippen LogP contribution in [0.4, 0.5) is 0 Å². The topological polar surface area (TPSA) is 35.0 Å². The van der Waals surface area contributed by atoms with Crippen molar-refractivity contribution < 1.29 is 4.74 Å². The molecule has 0 saturated carbocycles. The average Bonchev–Trinajstić information content (AvgIpc) is 2.71. The molecule has 17 heavy (non-hydrogen) atoms. The molecule has 0 saturated heterocycles. The van der Waals surface area contributed by atoms with E-state index >= 15 is 0 Å². The van der Waals surface area contributed by atoms with Crippen LogP contribution >= 0.6 is 34.7 Å². The number of hydrogen-bond acceptors (Lipinski definition) is 5. The van der Waals surface area contributed by atoms with E-state index in [1.807, 2.05) is 25.1 Å². The fourth-order valence-electron chi connectivity index (χ4n) is 1.18. The minimum Gasteiger partial charge on any atom is -0.493 e. The third-order valence-electron chi connectivity index (χ3n) is 1.88. The van der Waals surface area contributed by atoms with Gasteiger partial charge in [0.05, 0.1) is 6.61 Å². The van der Waals surface area contributed by atoms with E-state index in [1.165, 1.54) is 0 Å². The number of ether oxygens (including phenoxy) is 1. The molecule has 6 heteroatoms. The lowest BCUT2D eigenvalue weighted by Gasteiger charge is -2.04. The van der Waals surface area contributed by atoms with E-state index in [4.69, 9.17) is 16.3 Å². The van der Waals surface area contributed by atoms with Crippen LogP contribution < -0.4 is 4.74 Å². The maximum absolute atomic E-state index is 5.85. The lowest BCUT2D eigenvalue weighted by atomic mass is 10.3. The van der Waals surface area contributed by atoms with Crippen molar-refractivity contribution in [3.63, 3.8) is 0 Å². The molecule has 0 N–H and O–H groups in total. The smallest absolute Gasteiger partial charge is 0.174 e. The summed E-state index contributed by atoms with van der Waals surface area (Å²) >= 11 is 9.11. The summed E-state index contributed by atoms with van der Waals surface area (Å²) < 4.78 is 6.55. The Morgan fingerprint density at radius 2 is 2.29 bits per heavy atom. The van der Waals surface area contributed by atoms with Crippen LogP contribution in [0, 0.1) is 6.92 Å². The van der Waals surface area contributed by atoms with Crippen molar-refractivity contribution in [3.8, 4) is 5.75 Å². The Hall–Kier alpha value is -0.780. The average molecular weight is 287 g/mol.